The summed E-state index contributed by atoms with van der Waals surface area (Å²) >= 11 is 0. The van der Waals surface area contributed by atoms with E-state index in [9.17, 15) is 4.79 Å². The van der Waals surface area contributed by atoms with E-state index in [1.807, 2.05) is 48.7 Å². The third-order valence-corrected chi connectivity index (χ3v) is 5.92. The van der Waals surface area contributed by atoms with Gasteiger partial charge in [0, 0.05) is 50.7 Å². The topological polar surface area (TPSA) is 89.4 Å². The number of piperazine rings is 1. The molecule has 0 saturated carbocycles. The second-order valence-corrected chi connectivity index (χ2v) is 8.25. The van der Waals surface area contributed by atoms with E-state index in [-0.39, 0.29) is 5.56 Å². The SMILES string of the molecule is Cc1cc(C)n(-c2ccc(=O)n(CCN3CCN(Cc4nnc5ccccn45)CC3)n2)n1. The highest BCUT2D eigenvalue weighted by Crippen LogP contribution is 2.10. The maximum absolute atomic E-state index is 12.3. The molecule has 0 bridgehead atoms. The van der Waals surface area contributed by atoms with Crippen LogP contribution in [-0.2, 0) is 13.1 Å². The maximum Gasteiger partial charge on any atom is 0.266 e. The van der Waals surface area contributed by atoms with Crippen LogP contribution in [-0.4, -0.2) is 76.7 Å². The normalized spacial score (nSPS) is 15.6. The van der Waals surface area contributed by atoms with Crippen molar-refractivity contribution in [1.82, 2.24) is 44.0 Å². The molecule has 1 fully saturated rings. The first-order valence-corrected chi connectivity index (χ1v) is 10.9. The lowest BCUT2D eigenvalue weighted by atomic mass is 10.3. The van der Waals surface area contributed by atoms with Crippen LogP contribution < -0.4 is 5.56 Å². The summed E-state index contributed by atoms with van der Waals surface area (Å²) in [6.07, 6.45) is 2.01. The molecule has 0 radical (unpaired) electrons. The highest BCUT2D eigenvalue weighted by Gasteiger charge is 2.19. The molecule has 1 aliphatic rings. The second-order valence-electron chi connectivity index (χ2n) is 8.25. The third kappa shape index (κ3) is 4.19. The highest BCUT2D eigenvalue weighted by atomic mass is 16.1. The number of pyridine rings is 1. The molecule has 4 aromatic heterocycles. The van der Waals surface area contributed by atoms with Crippen molar-refractivity contribution in [3.8, 4) is 5.82 Å². The lowest BCUT2D eigenvalue weighted by molar-refractivity contribution is 0.120. The molecule has 1 aliphatic heterocycles. The summed E-state index contributed by atoms with van der Waals surface area (Å²) in [6, 6.07) is 11.2. The maximum atomic E-state index is 12.3. The van der Waals surface area contributed by atoms with Gasteiger partial charge in [-0.15, -0.1) is 15.3 Å². The first-order chi connectivity index (χ1) is 15.6. The van der Waals surface area contributed by atoms with Crippen molar-refractivity contribution in [2.75, 3.05) is 32.7 Å². The zero-order valence-electron chi connectivity index (χ0n) is 18.4. The smallest absolute Gasteiger partial charge is 0.266 e. The van der Waals surface area contributed by atoms with E-state index in [4.69, 9.17) is 0 Å². The average molecular weight is 434 g/mol. The van der Waals surface area contributed by atoms with Gasteiger partial charge in [-0.25, -0.2) is 9.36 Å². The van der Waals surface area contributed by atoms with E-state index in [0.717, 1.165) is 62.1 Å². The molecule has 166 valence electrons. The standard InChI is InChI=1S/C22H27N9O/c1-17-15-18(2)31(25-17)20-6-7-22(32)30(26-20)14-13-27-9-11-28(12-10-27)16-21-24-23-19-5-3-4-8-29(19)21/h3-8,15H,9-14,16H2,1-2H3. The fourth-order valence-corrected chi connectivity index (χ4v) is 4.18. The van der Waals surface area contributed by atoms with Gasteiger partial charge in [-0.05, 0) is 38.1 Å². The minimum absolute atomic E-state index is 0.0902. The van der Waals surface area contributed by atoms with Crippen LogP contribution in [0.25, 0.3) is 11.5 Å². The summed E-state index contributed by atoms with van der Waals surface area (Å²) < 4.78 is 5.36. The van der Waals surface area contributed by atoms with Crippen LogP contribution in [0.1, 0.15) is 17.2 Å². The van der Waals surface area contributed by atoms with Crippen molar-refractivity contribution in [3.05, 3.63) is 70.2 Å². The quantitative estimate of drug-likeness (QED) is 0.446. The molecule has 0 spiro atoms. The van der Waals surface area contributed by atoms with Gasteiger partial charge in [0.2, 0.25) is 0 Å². The van der Waals surface area contributed by atoms with E-state index in [0.29, 0.717) is 12.4 Å². The predicted octanol–water partition coefficient (Wildman–Crippen LogP) is 0.906. The van der Waals surface area contributed by atoms with Crippen molar-refractivity contribution in [2.45, 2.75) is 26.9 Å². The van der Waals surface area contributed by atoms with E-state index in [2.05, 4.69) is 30.2 Å². The first-order valence-electron chi connectivity index (χ1n) is 10.9. The molecule has 10 heteroatoms. The molecule has 0 aliphatic carbocycles. The van der Waals surface area contributed by atoms with Gasteiger partial charge in [0.05, 0.1) is 18.8 Å². The van der Waals surface area contributed by atoms with Crippen LogP contribution in [0.2, 0.25) is 0 Å². The van der Waals surface area contributed by atoms with Gasteiger partial charge in [0.1, 0.15) is 0 Å². The number of aryl methyl sites for hydroxylation is 2. The fourth-order valence-electron chi connectivity index (χ4n) is 4.18. The van der Waals surface area contributed by atoms with Crippen LogP contribution in [0.3, 0.4) is 0 Å². The number of nitrogens with zero attached hydrogens (tertiary/aromatic N) is 9. The number of hydrogen-bond donors (Lipinski definition) is 0. The average Bonchev–Trinajstić information content (AvgIpc) is 3.36. The molecular formula is C22H27N9O. The lowest BCUT2D eigenvalue weighted by Crippen LogP contribution is -2.47. The van der Waals surface area contributed by atoms with Crippen molar-refractivity contribution >= 4 is 5.65 Å². The monoisotopic (exact) mass is 433 g/mol. The van der Waals surface area contributed by atoms with E-state index >= 15 is 0 Å². The van der Waals surface area contributed by atoms with Gasteiger partial charge in [-0.3, -0.25) is 19.0 Å². The Bertz CT molecular complexity index is 1280. The summed E-state index contributed by atoms with van der Waals surface area (Å²) in [7, 11) is 0. The largest absolute Gasteiger partial charge is 0.299 e. The van der Waals surface area contributed by atoms with Gasteiger partial charge in [-0.2, -0.15) is 5.10 Å². The minimum atomic E-state index is -0.0902. The molecule has 4 aromatic rings. The first kappa shape index (κ1) is 20.5. The molecule has 0 atom stereocenters. The number of rotatable bonds is 6. The van der Waals surface area contributed by atoms with Gasteiger partial charge >= 0.3 is 0 Å². The van der Waals surface area contributed by atoms with Crippen molar-refractivity contribution in [1.29, 1.82) is 0 Å². The molecule has 5 heterocycles. The number of hydrogen-bond acceptors (Lipinski definition) is 7. The summed E-state index contributed by atoms with van der Waals surface area (Å²) in [5.74, 6) is 1.63. The van der Waals surface area contributed by atoms with Gasteiger partial charge in [0.15, 0.2) is 17.3 Å². The van der Waals surface area contributed by atoms with Gasteiger partial charge in [0.25, 0.3) is 5.56 Å². The van der Waals surface area contributed by atoms with Gasteiger partial charge < -0.3 is 0 Å². The predicted molar refractivity (Wildman–Crippen MR) is 120 cm³/mol. The number of fused-ring (bicyclic) bond motifs is 1. The molecule has 1 saturated heterocycles. The second kappa shape index (κ2) is 8.64. The van der Waals surface area contributed by atoms with Gasteiger partial charge in [-0.1, -0.05) is 6.07 Å². The lowest BCUT2D eigenvalue weighted by Gasteiger charge is -2.34. The molecule has 0 N–H and O–H groups in total. The Morgan fingerprint density at radius 1 is 0.906 bits per heavy atom. The molecule has 10 nitrogen and oxygen atoms in total. The zero-order chi connectivity index (χ0) is 22.1. The van der Waals surface area contributed by atoms with Crippen LogP contribution >= 0.6 is 0 Å². The fraction of sp³-hybridized carbons (Fsp3) is 0.409. The Kier molecular flexibility index (Phi) is 5.54. The van der Waals surface area contributed by atoms with Crippen LogP contribution in [0, 0.1) is 13.8 Å². The summed E-state index contributed by atoms with van der Waals surface area (Å²) in [4.78, 5) is 17.1. The molecule has 5 rings (SSSR count). The molecule has 0 amide bonds. The zero-order valence-corrected chi connectivity index (χ0v) is 18.4. The van der Waals surface area contributed by atoms with Crippen molar-refractivity contribution < 1.29 is 0 Å². The Balaban J connectivity index is 1.18. The van der Waals surface area contributed by atoms with Crippen LogP contribution in [0.4, 0.5) is 0 Å². The van der Waals surface area contributed by atoms with E-state index in [1.54, 1.807) is 21.5 Å². The molecule has 0 aromatic carbocycles. The van der Waals surface area contributed by atoms with Crippen LogP contribution in [0.15, 0.2) is 47.4 Å². The molecule has 0 unspecified atom stereocenters. The Hall–Kier alpha value is -3.37. The Labute approximate surface area is 185 Å². The Morgan fingerprint density at radius 2 is 1.72 bits per heavy atom. The summed E-state index contributed by atoms with van der Waals surface area (Å²) in [5, 5.41) is 17.6. The van der Waals surface area contributed by atoms with Crippen molar-refractivity contribution in [2.24, 2.45) is 0 Å². The summed E-state index contributed by atoms with van der Waals surface area (Å²) in [6.45, 7) is 9.86. The van der Waals surface area contributed by atoms with Crippen LogP contribution in [0.5, 0.6) is 0 Å². The van der Waals surface area contributed by atoms with E-state index < -0.39 is 0 Å². The third-order valence-electron chi connectivity index (χ3n) is 5.92. The summed E-state index contributed by atoms with van der Waals surface area (Å²) in [5.41, 5.74) is 2.71. The molecular weight excluding hydrogens is 406 g/mol. The molecule has 32 heavy (non-hydrogen) atoms. The Morgan fingerprint density at radius 3 is 2.50 bits per heavy atom. The number of aromatic nitrogens is 7. The highest BCUT2D eigenvalue weighted by molar-refractivity contribution is 5.37. The van der Waals surface area contributed by atoms with E-state index in [1.165, 1.54) is 0 Å². The van der Waals surface area contributed by atoms with Crippen molar-refractivity contribution in [3.63, 3.8) is 0 Å². The minimum Gasteiger partial charge on any atom is -0.299 e.